The number of nitrogens with zero attached hydrogens (tertiary/aromatic N) is 3. The summed E-state index contributed by atoms with van der Waals surface area (Å²) in [5.41, 5.74) is 0.419. The van der Waals surface area contributed by atoms with Gasteiger partial charge in [0.25, 0.3) is 0 Å². The lowest BCUT2D eigenvalue weighted by Gasteiger charge is -2.52. The van der Waals surface area contributed by atoms with E-state index in [4.69, 9.17) is 10.5 Å². The van der Waals surface area contributed by atoms with Crippen LogP contribution in [0.4, 0.5) is 18.0 Å². The second-order valence-electron chi connectivity index (χ2n) is 7.94. The molecule has 0 aliphatic carbocycles. The fourth-order valence-corrected chi connectivity index (χ4v) is 4.58. The Labute approximate surface area is 178 Å². The standard InChI is InChI=1S/C18H20F3N5O6/c1-16(30)11(32-13(28)8-2-4-9(5-3-8)18(19,20)21)6-25-15(29)23-10(7-27)12-17(16,25)26(31)14(22)24-12/h2-5,10-12,27,30-31H,6-7H2,1H3,(H2,22,24)(H,23,29)/t10-,11-,12?,16-,17?/m0/s1. The number of guanidine groups is 1. The molecular weight excluding hydrogens is 439 g/mol. The van der Waals surface area contributed by atoms with Crippen LogP contribution >= 0.6 is 0 Å². The first-order valence-electron chi connectivity index (χ1n) is 9.47. The molecule has 1 aromatic carbocycles. The smallest absolute Gasteiger partial charge is 0.416 e. The number of nitrogens with one attached hydrogen (secondary N) is 1. The Balaban J connectivity index is 1.65. The van der Waals surface area contributed by atoms with Crippen LogP contribution in [0, 0.1) is 0 Å². The van der Waals surface area contributed by atoms with Crippen LogP contribution in [-0.2, 0) is 10.9 Å². The summed E-state index contributed by atoms with van der Waals surface area (Å²) in [5.74, 6) is -1.47. The molecule has 5 atom stereocenters. The summed E-state index contributed by atoms with van der Waals surface area (Å²) in [6.07, 6.45) is -6.00. The topological polar surface area (TPSA) is 161 Å². The molecule has 3 heterocycles. The van der Waals surface area contributed by atoms with Crippen LogP contribution in [0.25, 0.3) is 0 Å². The number of benzene rings is 1. The van der Waals surface area contributed by atoms with Crippen molar-refractivity contribution in [2.75, 3.05) is 13.2 Å². The van der Waals surface area contributed by atoms with Crippen molar-refractivity contribution in [1.29, 1.82) is 0 Å². The summed E-state index contributed by atoms with van der Waals surface area (Å²) in [6.45, 7) is 0.234. The molecule has 3 aliphatic heterocycles. The van der Waals surface area contributed by atoms with E-state index in [1.54, 1.807) is 0 Å². The van der Waals surface area contributed by atoms with Crippen molar-refractivity contribution in [2.24, 2.45) is 10.7 Å². The molecule has 2 saturated heterocycles. The number of amides is 2. The van der Waals surface area contributed by atoms with Gasteiger partial charge in [-0.1, -0.05) is 0 Å². The van der Waals surface area contributed by atoms with Gasteiger partial charge in [0.05, 0.1) is 30.3 Å². The SMILES string of the molecule is C[C@]1(O)[C@@H](OC(=O)c2ccc(C(F)(F)F)cc2)CN2C(=O)N[C@@H](CO)C3N=C(N)N(O)C321. The molecule has 0 aromatic heterocycles. The molecule has 1 spiro atoms. The highest BCUT2D eigenvalue weighted by Gasteiger charge is 2.76. The van der Waals surface area contributed by atoms with E-state index < -0.39 is 65.8 Å². The number of halogens is 3. The minimum Gasteiger partial charge on any atom is -0.454 e. The van der Waals surface area contributed by atoms with Gasteiger partial charge in [-0.05, 0) is 31.2 Å². The van der Waals surface area contributed by atoms with Gasteiger partial charge in [-0.3, -0.25) is 10.1 Å². The summed E-state index contributed by atoms with van der Waals surface area (Å²) in [4.78, 5) is 30.3. The lowest BCUT2D eigenvalue weighted by molar-refractivity contribution is -0.233. The van der Waals surface area contributed by atoms with Crippen LogP contribution < -0.4 is 11.1 Å². The van der Waals surface area contributed by atoms with Crippen LogP contribution in [0.2, 0.25) is 0 Å². The quantitative estimate of drug-likeness (QED) is 0.377. The van der Waals surface area contributed by atoms with Gasteiger partial charge in [-0.25, -0.2) is 14.6 Å². The molecule has 6 N–H and O–H groups in total. The molecule has 3 aliphatic rings. The Morgan fingerprint density at radius 3 is 2.56 bits per heavy atom. The Morgan fingerprint density at radius 2 is 2.00 bits per heavy atom. The second-order valence-corrected chi connectivity index (χ2v) is 7.94. The number of hydrogen-bond donors (Lipinski definition) is 5. The maximum atomic E-state index is 12.7. The number of alkyl halides is 3. The molecule has 174 valence electrons. The molecule has 0 saturated carbocycles. The third kappa shape index (κ3) is 2.83. The summed E-state index contributed by atoms with van der Waals surface area (Å²) < 4.78 is 43.6. The van der Waals surface area contributed by atoms with E-state index in [1.165, 1.54) is 6.92 Å². The van der Waals surface area contributed by atoms with E-state index in [9.17, 15) is 38.2 Å². The van der Waals surface area contributed by atoms with Gasteiger partial charge in [-0.2, -0.15) is 18.2 Å². The number of rotatable bonds is 3. The third-order valence-electron chi connectivity index (χ3n) is 6.18. The van der Waals surface area contributed by atoms with Gasteiger partial charge in [-0.15, -0.1) is 0 Å². The van der Waals surface area contributed by atoms with Gasteiger partial charge in [0.1, 0.15) is 11.6 Å². The number of aliphatic hydroxyl groups is 2. The normalized spacial score (nSPS) is 34.0. The van der Waals surface area contributed by atoms with Gasteiger partial charge in [0, 0.05) is 0 Å². The van der Waals surface area contributed by atoms with E-state index in [-0.39, 0.29) is 12.1 Å². The Bertz CT molecular complexity index is 984. The maximum Gasteiger partial charge on any atom is 0.416 e. The predicted octanol–water partition coefficient (Wildman–Crippen LogP) is -0.534. The molecule has 4 rings (SSSR count). The minimum absolute atomic E-state index is 0.214. The van der Waals surface area contributed by atoms with Gasteiger partial charge < -0.3 is 26.0 Å². The van der Waals surface area contributed by atoms with E-state index in [2.05, 4.69) is 10.3 Å². The molecule has 14 heteroatoms. The number of carbonyl (C=O) groups excluding carboxylic acids is 2. The number of hydrogen-bond acceptors (Lipinski definition) is 9. The molecule has 1 aromatic rings. The Morgan fingerprint density at radius 1 is 1.38 bits per heavy atom. The number of hydroxylamine groups is 2. The van der Waals surface area contributed by atoms with Crippen molar-refractivity contribution in [2.45, 2.75) is 42.6 Å². The lowest BCUT2D eigenvalue weighted by Crippen LogP contribution is -2.80. The van der Waals surface area contributed by atoms with E-state index in [1.807, 2.05) is 0 Å². The van der Waals surface area contributed by atoms with Crippen molar-refractivity contribution < 1.29 is 42.9 Å². The fourth-order valence-electron chi connectivity index (χ4n) is 4.58. The minimum atomic E-state index is -4.59. The Kier molecular flexibility index (Phi) is 4.80. The molecule has 0 bridgehead atoms. The van der Waals surface area contributed by atoms with Gasteiger partial charge >= 0.3 is 18.2 Å². The molecule has 11 nitrogen and oxygen atoms in total. The summed E-state index contributed by atoms with van der Waals surface area (Å²) in [7, 11) is 0. The zero-order chi connectivity index (χ0) is 23.6. The van der Waals surface area contributed by atoms with Crippen molar-refractivity contribution in [1.82, 2.24) is 15.3 Å². The molecule has 32 heavy (non-hydrogen) atoms. The first-order valence-corrected chi connectivity index (χ1v) is 9.47. The van der Waals surface area contributed by atoms with Crippen LogP contribution in [-0.4, -0.2) is 85.9 Å². The van der Waals surface area contributed by atoms with Crippen molar-refractivity contribution in [3.8, 4) is 0 Å². The third-order valence-corrected chi connectivity index (χ3v) is 6.18. The number of aliphatic imine (C=N–C) groups is 1. The van der Waals surface area contributed by atoms with Crippen LogP contribution in [0.15, 0.2) is 29.3 Å². The Hall–Kier alpha value is -3.10. The lowest BCUT2D eigenvalue weighted by atomic mass is 9.79. The second kappa shape index (κ2) is 6.95. The number of urea groups is 1. The number of ether oxygens (including phenoxy) is 1. The van der Waals surface area contributed by atoms with Crippen molar-refractivity contribution in [3.63, 3.8) is 0 Å². The highest BCUT2D eigenvalue weighted by molar-refractivity contribution is 5.90. The van der Waals surface area contributed by atoms with Crippen LogP contribution in [0.5, 0.6) is 0 Å². The van der Waals surface area contributed by atoms with E-state index in [0.717, 1.165) is 17.0 Å². The first-order chi connectivity index (χ1) is 14.9. The number of esters is 1. The van der Waals surface area contributed by atoms with Gasteiger partial charge in [0.2, 0.25) is 11.6 Å². The zero-order valence-corrected chi connectivity index (χ0v) is 16.6. The highest BCUT2D eigenvalue weighted by Crippen LogP contribution is 2.50. The molecule has 2 amide bonds. The van der Waals surface area contributed by atoms with Crippen LogP contribution in [0.3, 0.4) is 0 Å². The van der Waals surface area contributed by atoms with Gasteiger partial charge in [0.15, 0.2) is 6.10 Å². The largest absolute Gasteiger partial charge is 0.454 e. The highest BCUT2D eigenvalue weighted by atomic mass is 19.4. The average Bonchev–Trinajstić information content (AvgIpc) is 3.13. The number of aliphatic hydroxyl groups excluding tert-OH is 1. The van der Waals surface area contributed by atoms with E-state index >= 15 is 0 Å². The summed E-state index contributed by atoms with van der Waals surface area (Å²) in [6, 6.07) is 0.353. The zero-order valence-electron chi connectivity index (χ0n) is 16.6. The average molecular weight is 459 g/mol. The summed E-state index contributed by atoms with van der Waals surface area (Å²) >= 11 is 0. The fraction of sp³-hybridized carbons (Fsp3) is 0.500. The number of nitrogens with two attached hydrogens (primary N) is 1. The number of carbonyl (C=O) groups is 2. The molecule has 0 radical (unpaired) electrons. The summed E-state index contributed by atoms with van der Waals surface area (Å²) in [5, 5.41) is 34.6. The van der Waals surface area contributed by atoms with Crippen LogP contribution in [0.1, 0.15) is 22.8 Å². The van der Waals surface area contributed by atoms with E-state index in [0.29, 0.717) is 17.2 Å². The monoisotopic (exact) mass is 459 g/mol. The maximum absolute atomic E-state index is 12.7. The van der Waals surface area contributed by atoms with Crippen molar-refractivity contribution >= 4 is 18.0 Å². The predicted molar refractivity (Wildman–Crippen MR) is 99.1 cm³/mol. The molecule has 2 fully saturated rings. The molecular formula is C18H20F3N5O6. The van der Waals surface area contributed by atoms with Crippen molar-refractivity contribution in [3.05, 3.63) is 35.4 Å². The molecule has 2 unspecified atom stereocenters. The first kappa shape index (κ1) is 22.1.